The third-order valence-electron chi connectivity index (χ3n) is 1.42. The van der Waals surface area contributed by atoms with Gasteiger partial charge >= 0.3 is 105 Å². The van der Waals surface area contributed by atoms with Crippen LogP contribution < -0.4 is 11.5 Å². The van der Waals surface area contributed by atoms with Gasteiger partial charge in [-0.2, -0.15) is 0 Å². The fourth-order valence-electron chi connectivity index (χ4n) is 0.587. The number of hydrogen-bond acceptors (Lipinski definition) is 6. The van der Waals surface area contributed by atoms with Crippen LogP contribution in [-0.4, -0.2) is 65.9 Å². The minimum atomic E-state index is -0.937. The van der Waals surface area contributed by atoms with Crippen molar-refractivity contribution in [3.8, 4) is 0 Å². The molecule has 4 N–H and O–H groups in total. The van der Waals surface area contributed by atoms with E-state index in [0.29, 0.717) is 10.6 Å². The maximum absolute atomic E-state index is 11.2. The summed E-state index contributed by atoms with van der Waals surface area (Å²) in [4.78, 5) is 22.4. The monoisotopic (exact) mass is 414 g/mol. The second kappa shape index (κ2) is 6.88. The minimum absolute atomic E-state index is 0.278. The van der Waals surface area contributed by atoms with Gasteiger partial charge in [0.1, 0.15) is 0 Å². The Morgan fingerprint density at radius 1 is 1.00 bits per heavy atom. The summed E-state index contributed by atoms with van der Waals surface area (Å²) >= 11 is -0.380. The molecule has 0 aliphatic carbocycles. The zero-order chi connectivity index (χ0) is 11.3. The average Bonchev–Trinajstić information content (AvgIpc) is 2.23. The van der Waals surface area contributed by atoms with Crippen LogP contribution in [0.3, 0.4) is 0 Å². The summed E-state index contributed by atoms with van der Waals surface area (Å²) in [5, 5.41) is 1.28. The van der Waals surface area contributed by atoms with E-state index >= 15 is 0 Å². The molecule has 0 aromatic rings. The summed E-state index contributed by atoms with van der Waals surface area (Å²) in [6.07, 6.45) is 0. The van der Waals surface area contributed by atoms with E-state index in [1.54, 1.807) is 0 Å². The fourth-order valence-corrected chi connectivity index (χ4v) is 8.34. The van der Waals surface area contributed by atoms with Crippen LogP contribution in [0.2, 0.25) is 10.6 Å². The predicted molar refractivity (Wildman–Crippen MR) is 55.0 cm³/mol. The van der Waals surface area contributed by atoms with Crippen LogP contribution in [0.1, 0.15) is 0 Å². The molecule has 0 amide bonds. The molecule has 0 aromatic heterocycles. The summed E-state index contributed by atoms with van der Waals surface area (Å²) in [6.45, 7) is 0. The number of rotatable bonds is 0. The van der Waals surface area contributed by atoms with E-state index in [4.69, 9.17) is 19.1 Å². The van der Waals surface area contributed by atoms with E-state index in [-0.39, 0.29) is 26.3 Å². The van der Waals surface area contributed by atoms with Crippen molar-refractivity contribution in [3.05, 3.63) is 0 Å². The first-order valence-electron chi connectivity index (χ1n) is 3.95. The summed E-state index contributed by atoms with van der Waals surface area (Å²) < 4.78 is 9.44. The Hall–Kier alpha value is 0.418. The molecule has 6 nitrogen and oxygen atoms in total. The first-order chi connectivity index (χ1) is 7.11. The summed E-state index contributed by atoms with van der Waals surface area (Å²) in [5.41, 5.74) is 11.2. The zero-order valence-corrected chi connectivity index (χ0v) is 12.7. The van der Waals surface area contributed by atoms with Gasteiger partial charge in [-0.1, -0.05) is 0 Å². The van der Waals surface area contributed by atoms with Crippen molar-refractivity contribution >= 4 is 53.8 Å². The van der Waals surface area contributed by atoms with Crippen molar-refractivity contribution in [2.24, 2.45) is 11.5 Å². The van der Waals surface area contributed by atoms with Crippen LogP contribution in [0, 0.1) is 0 Å². The summed E-state index contributed by atoms with van der Waals surface area (Å²) in [7, 11) is 0. The van der Waals surface area contributed by atoms with Crippen molar-refractivity contribution in [2.75, 3.05) is 0 Å². The predicted octanol–water partition coefficient (Wildman–Crippen LogP) is -2.56. The quantitative estimate of drug-likeness (QED) is 0.425. The molecule has 0 aromatic carbocycles. The number of carbonyl (C=O) groups is 2. The van der Waals surface area contributed by atoms with Gasteiger partial charge < -0.3 is 0 Å². The molecule has 15 heavy (non-hydrogen) atoms. The van der Waals surface area contributed by atoms with Crippen molar-refractivity contribution in [3.63, 3.8) is 0 Å². The molecule has 0 spiro atoms. The van der Waals surface area contributed by atoms with Gasteiger partial charge in [0.2, 0.25) is 0 Å². The molecule has 0 saturated carbocycles. The fraction of sp³-hybridized carbons (Fsp3) is 0.667. The Labute approximate surface area is 105 Å². The van der Waals surface area contributed by atoms with E-state index < -0.39 is 39.6 Å². The number of nitrogens with two attached hydrogens (primary N) is 2. The standard InChI is InChI=1S/C6H10N2O4Se3/c7-3-1-13-14-2-4(8)6(10)12-15-11-5(3)9/h3-4H,1-2,7-8H2/t3-,4-/m0/s1. The molecule has 86 valence electrons. The van der Waals surface area contributed by atoms with Gasteiger partial charge in [0.15, 0.2) is 0 Å². The van der Waals surface area contributed by atoms with E-state index in [2.05, 4.69) is 0 Å². The normalized spacial score (nSPS) is 30.0. The van der Waals surface area contributed by atoms with Crippen molar-refractivity contribution in [2.45, 2.75) is 22.7 Å². The Morgan fingerprint density at radius 3 is 1.80 bits per heavy atom. The average molecular weight is 411 g/mol. The van der Waals surface area contributed by atoms with Crippen molar-refractivity contribution in [1.29, 1.82) is 0 Å². The van der Waals surface area contributed by atoms with E-state index in [9.17, 15) is 9.59 Å². The van der Waals surface area contributed by atoms with E-state index in [0.717, 1.165) is 0 Å². The Balaban J connectivity index is 2.50. The van der Waals surface area contributed by atoms with Crippen LogP contribution in [0.5, 0.6) is 0 Å². The third kappa shape index (κ3) is 4.85. The van der Waals surface area contributed by atoms with Gasteiger partial charge in [0.05, 0.1) is 0 Å². The summed E-state index contributed by atoms with van der Waals surface area (Å²) in [5.74, 6) is -0.980. The zero-order valence-electron chi connectivity index (χ0n) is 7.58. The molecule has 2 atom stereocenters. The second-order valence-corrected chi connectivity index (χ2v) is 11.2. The molecule has 1 aliphatic heterocycles. The topological polar surface area (TPSA) is 105 Å². The molecular formula is C6H10N2O4Se3. The number of hydrogen-bond donors (Lipinski definition) is 2. The molecule has 0 radical (unpaired) electrons. The van der Waals surface area contributed by atoms with Crippen molar-refractivity contribution in [1.82, 2.24) is 0 Å². The van der Waals surface area contributed by atoms with Gasteiger partial charge in [-0.05, 0) is 0 Å². The molecule has 1 aliphatic rings. The van der Waals surface area contributed by atoms with Gasteiger partial charge in [-0.15, -0.1) is 0 Å². The molecule has 1 rings (SSSR count). The second-order valence-electron chi connectivity index (χ2n) is 2.65. The van der Waals surface area contributed by atoms with Crippen molar-refractivity contribution < 1.29 is 17.2 Å². The van der Waals surface area contributed by atoms with Gasteiger partial charge in [0, 0.05) is 0 Å². The molecule has 0 unspecified atom stereocenters. The van der Waals surface area contributed by atoms with Crippen LogP contribution in [0.4, 0.5) is 0 Å². The third-order valence-corrected chi connectivity index (χ3v) is 9.60. The SMILES string of the molecule is N[C@H]1C[Se][Se]C[C@H](N)C(=O)O[Se]OC1=O. The van der Waals surface area contributed by atoms with Crippen LogP contribution in [0.25, 0.3) is 0 Å². The molecule has 1 heterocycles. The number of carbonyl (C=O) groups excluding carboxylic acids is 2. The molecular weight excluding hydrogens is 401 g/mol. The van der Waals surface area contributed by atoms with Gasteiger partial charge in [-0.3, -0.25) is 0 Å². The van der Waals surface area contributed by atoms with E-state index in [1.807, 2.05) is 0 Å². The van der Waals surface area contributed by atoms with E-state index in [1.165, 1.54) is 0 Å². The van der Waals surface area contributed by atoms with Crippen LogP contribution in [0.15, 0.2) is 0 Å². The molecule has 9 heteroatoms. The van der Waals surface area contributed by atoms with Crippen LogP contribution >= 0.6 is 0 Å². The molecule has 1 saturated heterocycles. The Bertz CT molecular complexity index is 229. The van der Waals surface area contributed by atoms with Crippen LogP contribution in [-0.2, 0) is 17.2 Å². The first-order valence-corrected chi connectivity index (χ1v) is 12.1. The van der Waals surface area contributed by atoms with Gasteiger partial charge in [0.25, 0.3) is 0 Å². The van der Waals surface area contributed by atoms with Gasteiger partial charge in [-0.25, -0.2) is 0 Å². The molecule has 0 bridgehead atoms. The Kier molecular flexibility index (Phi) is 6.19. The summed E-state index contributed by atoms with van der Waals surface area (Å²) in [6, 6.07) is -1.16. The molecule has 1 fully saturated rings. The maximum atomic E-state index is 11.2. The first kappa shape index (κ1) is 13.5. The Morgan fingerprint density at radius 2 is 1.40 bits per heavy atom.